The van der Waals surface area contributed by atoms with Crippen molar-refractivity contribution in [2.24, 2.45) is 23.7 Å². The molecule has 0 aromatic heterocycles. The van der Waals surface area contributed by atoms with Gasteiger partial charge in [-0.2, -0.15) is 0 Å². The van der Waals surface area contributed by atoms with E-state index in [1.807, 2.05) is 0 Å². The van der Waals surface area contributed by atoms with Crippen LogP contribution in [0.5, 0.6) is 0 Å². The van der Waals surface area contributed by atoms with Crippen molar-refractivity contribution in [2.45, 2.75) is 64.7 Å². The van der Waals surface area contributed by atoms with Crippen molar-refractivity contribution in [2.75, 3.05) is 0 Å². The van der Waals surface area contributed by atoms with Crippen LogP contribution in [0.4, 0.5) is 0 Å². The van der Waals surface area contributed by atoms with Crippen molar-refractivity contribution in [1.82, 2.24) is 0 Å². The van der Waals surface area contributed by atoms with Gasteiger partial charge in [-0.3, -0.25) is 4.79 Å². The molecule has 1 heteroatoms. The monoisotopic (exact) mass is 246 g/mol. The summed E-state index contributed by atoms with van der Waals surface area (Å²) in [4.78, 5) is 12.1. The van der Waals surface area contributed by atoms with Crippen molar-refractivity contribution in [3.8, 4) is 0 Å². The Morgan fingerprint density at radius 3 is 2.56 bits per heavy atom. The van der Waals surface area contributed by atoms with Gasteiger partial charge in [0.15, 0.2) is 0 Å². The van der Waals surface area contributed by atoms with Gasteiger partial charge in [0.1, 0.15) is 5.78 Å². The summed E-state index contributed by atoms with van der Waals surface area (Å²) in [6.07, 6.45) is 14.0. The van der Waals surface area contributed by atoms with Crippen LogP contribution in [0.15, 0.2) is 11.6 Å². The lowest BCUT2D eigenvalue weighted by Crippen LogP contribution is -2.39. The zero-order valence-corrected chi connectivity index (χ0v) is 11.7. The highest BCUT2D eigenvalue weighted by Gasteiger charge is 2.41. The minimum atomic E-state index is 0.384. The van der Waals surface area contributed by atoms with Gasteiger partial charge in [-0.15, -0.1) is 0 Å². The Morgan fingerprint density at radius 2 is 1.78 bits per heavy atom. The van der Waals surface area contributed by atoms with Crippen LogP contribution in [-0.2, 0) is 4.79 Å². The molecule has 0 spiro atoms. The summed E-state index contributed by atoms with van der Waals surface area (Å²) >= 11 is 0. The first-order valence-electron chi connectivity index (χ1n) is 7.95. The second-order valence-electron chi connectivity index (χ2n) is 6.80. The predicted molar refractivity (Wildman–Crippen MR) is 74.3 cm³/mol. The second kappa shape index (κ2) is 5.19. The highest BCUT2D eigenvalue weighted by atomic mass is 16.1. The smallest absolute Gasteiger partial charge is 0.136 e. The lowest BCUT2D eigenvalue weighted by molar-refractivity contribution is -0.128. The Kier molecular flexibility index (Phi) is 3.59. The van der Waals surface area contributed by atoms with Gasteiger partial charge in [0.25, 0.3) is 0 Å². The molecule has 0 aliphatic heterocycles. The Hall–Kier alpha value is -0.590. The van der Waals surface area contributed by atoms with Crippen molar-refractivity contribution >= 4 is 5.78 Å². The maximum atomic E-state index is 12.1. The van der Waals surface area contributed by atoms with E-state index in [-0.39, 0.29) is 0 Å². The molecule has 1 nitrogen and oxygen atoms in total. The fourth-order valence-corrected chi connectivity index (χ4v) is 4.70. The number of carbonyl (C=O) groups excluding carboxylic acids is 1. The van der Waals surface area contributed by atoms with Gasteiger partial charge in [0.05, 0.1) is 0 Å². The van der Waals surface area contributed by atoms with Crippen LogP contribution >= 0.6 is 0 Å². The zero-order valence-electron chi connectivity index (χ0n) is 11.7. The number of allylic oxidation sites excluding steroid dienone is 2. The Labute approximate surface area is 111 Å². The molecular formula is C17H26O. The van der Waals surface area contributed by atoms with Crippen LogP contribution in [0.2, 0.25) is 0 Å². The van der Waals surface area contributed by atoms with Gasteiger partial charge in [-0.25, -0.2) is 0 Å². The van der Waals surface area contributed by atoms with E-state index in [0.29, 0.717) is 17.6 Å². The molecule has 100 valence electrons. The fraction of sp³-hybridized carbons (Fsp3) is 0.824. The molecule has 0 aromatic rings. The van der Waals surface area contributed by atoms with E-state index in [1.165, 1.54) is 44.1 Å². The average Bonchev–Trinajstić information content (AvgIpc) is 2.40. The highest BCUT2D eigenvalue weighted by Crippen LogP contribution is 2.47. The van der Waals surface area contributed by atoms with Crippen LogP contribution in [0.25, 0.3) is 0 Å². The summed E-state index contributed by atoms with van der Waals surface area (Å²) in [6.45, 7) is 2.26. The lowest BCUT2D eigenvalue weighted by atomic mass is 9.61. The third-order valence-corrected chi connectivity index (χ3v) is 5.68. The van der Waals surface area contributed by atoms with Gasteiger partial charge in [0, 0.05) is 12.3 Å². The van der Waals surface area contributed by atoms with Crippen LogP contribution in [-0.4, -0.2) is 5.78 Å². The van der Waals surface area contributed by atoms with Crippen LogP contribution in [0.1, 0.15) is 64.7 Å². The van der Waals surface area contributed by atoms with Crippen LogP contribution in [0.3, 0.4) is 0 Å². The number of carbonyl (C=O) groups is 1. The standard InChI is InChI=1S/C17H26O/c1-12-7-8-15-16(11-12)14(9-10-17(15)18)13-5-3-2-4-6-13/h11,13-16H,2-10H2,1H3/t14-,15-,16-/m1/s1. The molecule has 3 rings (SSSR count). The van der Waals surface area contributed by atoms with E-state index >= 15 is 0 Å². The summed E-state index contributed by atoms with van der Waals surface area (Å²) < 4.78 is 0. The summed E-state index contributed by atoms with van der Waals surface area (Å²) in [6, 6.07) is 0. The Bertz CT molecular complexity index is 349. The lowest BCUT2D eigenvalue weighted by Gasteiger charge is -2.43. The minimum absolute atomic E-state index is 0.384. The number of ketones is 1. The number of hydrogen-bond donors (Lipinski definition) is 0. The molecule has 2 saturated carbocycles. The van der Waals surface area contributed by atoms with Crippen molar-refractivity contribution in [1.29, 1.82) is 0 Å². The molecule has 0 heterocycles. The number of hydrogen-bond acceptors (Lipinski definition) is 1. The van der Waals surface area contributed by atoms with Gasteiger partial charge in [-0.1, -0.05) is 43.8 Å². The van der Waals surface area contributed by atoms with Crippen molar-refractivity contribution < 1.29 is 4.79 Å². The molecule has 3 aliphatic carbocycles. The molecule has 18 heavy (non-hydrogen) atoms. The zero-order chi connectivity index (χ0) is 12.5. The van der Waals surface area contributed by atoms with Crippen molar-refractivity contribution in [3.63, 3.8) is 0 Å². The maximum absolute atomic E-state index is 12.1. The largest absolute Gasteiger partial charge is 0.299 e. The van der Waals surface area contributed by atoms with Gasteiger partial charge in [0.2, 0.25) is 0 Å². The molecule has 0 radical (unpaired) electrons. The summed E-state index contributed by atoms with van der Waals surface area (Å²) in [5, 5.41) is 0. The quantitative estimate of drug-likeness (QED) is 0.622. The molecule has 3 atom stereocenters. The number of Topliss-reactive ketones (excluding diaryl/α,β-unsaturated/α-hetero) is 1. The van der Waals surface area contributed by atoms with E-state index in [2.05, 4.69) is 13.0 Å². The first kappa shape index (κ1) is 12.4. The number of rotatable bonds is 1. The van der Waals surface area contributed by atoms with E-state index in [4.69, 9.17) is 0 Å². The van der Waals surface area contributed by atoms with Gasteiger partial charge < -0.3 is 0 Å². The summed E-state index contributed by atoms with van der Waals surface area (Å²) in [7, 11) is 0. The third-order valence-electron chi connectivity index (χ3n) is 5.68. The van der Waals surface area contributed by atoms with Crippen LogP contribution < -0.4 is 0 Å². The van der Waals surface area contributed by atoms with Crippen LogP contribution in [0, 0.1) is 23.7 Å². The second-order valence-corrected chi connectivity index (χ2v) is 6.80. The average molecular weight is 246 g/mol. The Balaban J connectivity index is 1.80. The molecule has 0 saturated heterocycles. The highest BCUT2D eigenvalue weighted by molar-refractivity contribution is 5.82. The van der Waals surface area contributed by atoms with Crippen molar-refractivity contribution in [3.05, 3.63) is 11.6 Å². The maximum Gasteiger partial charge on any atom is 0.136 e. The van der Waals surface area contributed by atoms with E-state index in [0.717, 1.165) is 31.1 Å². The molecule has 2 fully saturated rings. The molecule has 0 bridgehead atoms. The van der Waals surface area contributed by atoms with E-state index in [1.54, 1.807) is 0 Å². The van der Waals surface area contributed by atoms with E-state index < -0.39 is 0 Å². The third kappa shape index (κ3) is 2.29. The predicted octanol–water partition coefficient (Wildman–Crippen LogP) is 4.52. The molecular weight excluding hydrogens is 220 g/mol. The van der Waals surface area contributed by atoms with E-state index in [9.17, 15) is 4.79 Å². The SMILES string of the molecule is CC1=C[C@@H]2[C@@H](C3CCCCC3)CCC(=O)[C@@H]2CC1. The van der Waals surface area contributed by atoms with Gasteiger partial charge in [-0.05, 0) is 43.9 Å². The minimum Gasteiger partial charge on any atom is -0.299 e. The molecule has 0 aromatic carbocycles. The molecule has 0 amide bonds. The Morgan fingerprint density at radius 1 is 1.00 bits per heavy atom. The normalized spacial score (nSPS) is 38.2. The molecule has 0 unspecified atom stereocenters. The first-order chi connectivity index (χ1) is 8.75. The summed E-state index contributed by atoms with van der Waals surface area (Å²) in [5.74, 6) is 3.29. The number of fused-ring (bicyclic) bond motifs is 1. The first-order valence-corrected chi connectivity index (χ1v) is 7.95. The topological polar surface area (TPSA) is 17.1 Å². The molecule has 3 aliphatic rings. The molecule has 0 N–H and O–H groups in total. The van der Waals surface area contributed by atoms with Gasteiger partial charge >= 0.3 is 0 Å². The summed E-state index contributed by atoms with van der Waals surface area (Å²) in [5.41, 5.74) is 1.53. The fourth-order valence-electron chi connectivity index (χ4n) is 4.70.